The van der Waals surface area contributed by atoms with Gasteiger partial charge in [0.2, 0.25) is 0 Å². The Bertz CT molecular complexity index is 906. The van der Waals surface area contributed by atoms with Gasteiger partial charge in [0.25, 0.3) is 0 Å². The average Bonchev–Trinajstić information content (AvgIpc) is 2.76. The van der Waals surface area contributed by atoms with Gasteiger partial charge in [0.05, 0.1) is 20.8 Å². The molecule has 2 rings (SSSR count). The van der Waals surface area contributed by atoms with E-state index in [2.05, 4.69) is 11.1 Å². The van der Waals surface area contributed by atoms with Crippen LogP contribution in [0, 0.1) is 13.8 Å². The molecule has 6 heteroatoms. The number of aryl methyl sites for hydroxylation is 1. The Morgan fingerprint density at radius 3 is 2.39 bits per heavy atom. The summed E-state index contributed by atoms with van der Waals surface area (Å²) in [5.41, 5.74) is 3.89. The maximum atomic E-state index is 12.0. The zero-order valence-corrected chi connectivity index (χ0v) is 19.2. The molecule has 0 aliphatic heterocycles. The molecule has 2 aromatic rings. The third-order valence-electron chi connectivity index (χ3n) is 5.30. The summed E-state index contributed by atoms with van der Waals surface area (Å²) in [5.74, 6) is 0.871. The molecule has 0 bridgehead atoms. The van der Waals surface area contributed by atoms with Crippen molar-refractivity contribution in [2.45, 2.75) is 52.9 Å². The predicted octanol–water partition coefficient (Wildman–Crippen LogP) is 5.39. The molecule has 31 heavy (non-hydrogen) atoms. The number of nitrogens with zero attached hydrogens (tertiary/aromatic N) is 1. The Labute approximate surface area is 184 Å². The molecular weight excluding hydrogens is 394 g/mol. The van der Waals surface area contributed by atoms with Gasteiger partial charge in [0, 0.05) is 34.7 Å². The first-order chi connectivity index (χ1) is 14.9. The molecule has 1 aromatic heterocycles. The second kappa shape index (κ2) is 12.0. The van der Waals surface area contributed by atoms with Crippen LogP contribution < -0.4 is 14.2 Å². The number of methoxy groups -OCH3 is 2. The molecular formula is C25H33NO5. The fourth-order valence-corrected chi connectivity index (χ4v) is 3.75. The number of unbranched alkanes of at least 4 members (excludes halogenated alkanes) is 2. The zero-order valence-electron chi connectivity index (χ0n) is 19.2. The maximum Gasteiger partial charge on any atom is 0.331 e. The van der Waals surface area contributed by atoms with Crippen LogP contribution in [0.2, 0.25) is 0 Å². The van der Waals surface area contributed by atoms with Crippen LogP contribution in [0.5, 0.6) is 17.2 Å². The Morgan fingerprint density at radius 1 is 1.06 bits per heavy atom. The lowest BCUT2D eigenvalue weighted by Gasteiger charge is -2.20. The van der Waals surface area contributed by atoms with Gasteiger partial charge in [-0.25, -0.2) is 4.79 Å². The van der Waals surface area contributed by atoms with E-state index < -0.39 is 5.97 Å². The highest BCUT2D eigenvalue weighted by Gasteiger charge is 2.22. The van der Waals surface area contributed by atoms with E-state index in [1.807, 2.05) is 33.0 Å². The molecule has 168 valence electrons. The van der Waals surface area contributed by atoms with Crippen molar-refractivity contribution in [2.75, 3.05) is 20.8 Å². The largest absolute Gasteiger partial charge is 0.496 e. The van der Waals surface area contributed by atoms with E-state index in [-0.39, 0.29) is 0 Å². The minimum atomic E-state index is -0.925. The summed E-state index contributed by atoms with van der Waals surface area (Å²) in [5, 5.41) is 9.80. The van der Waals surface area contributed by atoms with Crippen molar-refractivity contribution in [3.05, 3.63) is 52.4 Å². The van der Waals surface area contributed by atoms with Crippen LogP contribution in [-0.4, -0.2) is 36.9 Å². The van der Waals surface area contributed by atoms with Crippen LogP contribution in [0.1, 0.15) is 54.9 Å². The van der Waals surface area contributed by atoms with Crippen LogP contribution in [0.4, 0.5) is 0 Å². The third-order valence-corrected chi connectivity index (χ3v) is 5.30. The molecule has 0 spiro atoms. The highest BCUT2D eigenvalue weighted by Crippen LogP contribution is 2.44. The minimum absolute atomic E-state index is 0.344. The van der Waals surface area contributed by atoms with Crippen LogP contribution >= 0.6 is 0 Å². The van der Waals surface area contributed by atoms with E-state index in [4.69, 9.17) is 14.2 Å². The normalized spacial score (nSPS) is 11.3. The molecule has 0 radical (unpaired) electrons. The first kappa shape index (κ1) is 24.3. The number of benzene rings is 1. The van der Waals surface area contributed by atoms with Crippen molar-refractivity contribution < 1.29 is 24.1 Å². The molecule has 1 aromatic carbocycles. The average molecular weight is 428 g/mol. The first-order valence-corrected chi connectivity index (χ1v) is 10.6. The fraction of sp³-hybridized carbons (Fsp3) is 0.440. The van der Waals surface area contributed by atoms with Crippen LogP contribution in [-0.2, 0) is 11.2 Å². The second-order valence-corrected chi connectivity index (χ2v) is 7.39. The Balaban J connectivity index is 2.23. The van der Waals surface area contributed by atoms with Crippen LogP contribution in [0.25, 0.3) is 6.08 Å². The third kappa shape index (κ3) is 6.23. The molecule has 1 heterocycles. The van der Waals surface area contributed by atoms with Crippen molar-refractivity contribution in [2.24, 2.45) is 0 Å². The molecule has 0 saturated heterocycles. The number of aliphatic carboxylic acids is 1. The van der Waals surface area contributed by atoms with Crippen molar-refractivity contribution in [3.8, 4) is 17.2 Å². The second-order valence-electron chi connectivity index (χ2n) is 7.39. The number of carbonyl (C=O) groups is 1. The lowest BCUT2D eigenvalue weighted by atomic mass is 9.97. The molecule has 0 aliphatic carbocycles. The van der Waals surface area contributed by atoms with Crippen molar-refractivity contribution in [1.82, 2.24) is 4.98 Å². The smallest absolute Gasteiger partial charge is 0.331 e. The lowest BCUT2D eigenvalue weighted by Crippen LogP contribution is -2.06. The van der Waals surface area contributed by atoms with Gasteiger partial charge in [0.15, 0.2) is 11.5 Å². The number of rotatable bonds is 12. The molecule has 0 saturated carbocycles. The fourth-order valence-electron chi connectivity index (χ4n) is 3.75. The number of hydrogen-bond acceptors (Lipinski definition) is 5. The quantitative estimate of drug-likeness (QED) is 0.362. The Hall–Kier alpha value is -3.02. The van der Waals surface area contributed by atoms with Crippen molar-refractivity contribution >= 4 is 12.0 Å². The molecule has 0 amide bonds. The van der Waals surface area contributed by atoms with Crippen LogP contribution in [0.3, 0.4) is 0 Å². The van der Waals surface area contributed by atoms with Gasteiger partial charge in [-0.3, -0.25) is 4.98 Å². The van der Waals surface area contributed by atoms with E-state index in [0.29, 0.717) is 41.4 Å². The van der Waals surface area contributed by atoms with Crippen molar-refractivity contribution in [1.29, 1.82) is 0 Å². The van der Waals surface area contributed by atoms with Gasteiger partial charge in [-0.05, 0) is 64.2 Å². The van der Waals surface area contributed by atoms with E-state index in [0.717, 1.165) is 36.8 Å². The molecule has 6 nitrogen and oxygen atoms in total. The number of pyridine rings is 1. The molecule has 0 atom stereocenters. The summed E-state index contributed by atoms with van der Waals surface area (Å²) < 4.78 is 17.0. The number of aromatic nitrogens is 1. The molecule has 0 fully saturated rings. The maximum absolute atomic E-state index is 12.0. The van der Waals surface area contributed by atoms with Gasteiger partial charge in [0.1, 0.15) is 5.75 Å². The Kier molecular flexibility index (Phi) is 9.38. The van der Waals surface area contributed by atoms with Gasteiger partial charge < -0.3 is 19.3 Å². The summed E-state index contributed by atoms with van der Waals surface area (Å²) in [6, 6.07) is 3.99. The van der Waals surface area contributed by atoms with E-state index in [1.54, 1.807) is 26.5 Å². The minimum Gasteiger partial charge on any atom is -0.496 e. The Morgan fingerprint density at radius 2 is 1.81 bits per heavy atom. The van der Waals surface area contributed by atoms with Gasteiger partial charge >= 0.3 is 5.97 Å². The SMILES string of the molecule is CCOc1c(C)c(OC)c(C)c(/C=C(\CCCCCc2cccnc2)C(=O)O)c1OC. The standard InChI is InChI=1S/C25H33NO5/c1-6-31-23-18(3)22(29-4)17(2)21(24(23)30-5)15-20(25(27)28)13-9-7-8-11-19-12-10-14-26-16-19/h10,12,14-16H,6-9,11,13H2,1-5H3,(H,27,28)/b20-15+. The topological polar surface area (TPSA) is 77.9 Å². The summed E-state index contributed by atoms with van der Waals surface area (Å²) >= 11 is 0. The summed E-state index contributed by atoms with van der Waals surface area (Å²) in [7, 11) is 3.17. The van der Waals surface area contributed by atoms with Gasteiger partial charge in [-0.15, -0.1) is 0 Å². The van der Waals surface area contributed by atoms with Gasteiger partial charge in [-0.1, -0.05) is 12.5 Å². The monoisotopic (exact) mass is 427 g/mol. The number of ether oxygens (including phenoxy) is 3. The summed E-state index contributed by atoms with van der Waals surface area (Å²) in [6.45, 7) is 6.18. The molecule has 1 N–H and O–H groups in total. The first-order valence-electron chi connectivity index (χ1n) is 10.6. The summed E-state index contributed by atoms with van der Waals surface area (Å²) in [6.07, 6.45) is 9.48. The van der Waals surface area contributed by atoms with E-state index in [1.165, 1.54) is 5.56 Å². The zero-order chi connectivity index (χ0) is 22.8. The highest BCUT2D eigenvalue weighted by atomic mass is 16.5. The molecule has 0 unspecified atom stereocenters. The van der Waals surface area contributed by atoms with E-state index in [9.17, 15) is 9.90 Å². The predicted molar refractivity (Wildman–Crippen MR) is 122 cm³/mol. The summed E-state index contributed by atoms with van der Waals surface area (Å²) in [4.78, 5) is 16.1. The van der Waals surface area contributed by atoms with Gasteiger partial charge in [-0.2, -0.15) is 0 Å². The molecule has 0 aliphatic rings. The van der Waals surface area contributed by atoms with Crippen LogP contribution in [0.15, 0.2) is 30.1 Å². The van der Waals surface area contributed by atoms with Crippen molar-refractivity contribution in [3.63, 3.8) is 0 Å². The van der Waals surface area contributed by atoms with E-state index >= 15 is 0 Å². The number of carboxylic acid groups (broad SMARTS) is 1. The number of hydrogen-bond donors (Lipinski definition) is 1. The highest BCUT2D eigenvalue weighted by molar-refractivity contribution is 5.93. The lowest BCUT2D eigenvalue weighted by molar-refractivity contribution is -0.132. The number of carboxylic acids is 1.